The predicted molar refractivity (Wildman–Crippen MR) is 66.9 cm³/mol. The summed E-state index contributed by atoms with van der Waals surface area (Å²) in [7, 11) is 0. The van der Waals surface area contributed by atoms with Gasteiger partial charge in [0.05, 0.1) is 0 Å². The van der Waals surface area contributed by atoms with E-state index in [1.54, 1.807) is 0 Å². The van der Waals surface area contributed by atoms with E-state index >= 15 is 0 Å². The molecular formula is C12H25NS. The van der Waals surface area contributed by atoms with Crippen LogP contribution in [0.2, 0.25) is 0 Å². The van der Waals surface area contributed by atoms with E-state index in [9.17, 15) is 0 Å². The summed E-state index contributed by atoms with van der Waals surface area (Å²) in [6.45, 7) is 10.4. The van der Waals surface area contributed by atoms with E-state index in [2.05, 4.69) is 44.8 Å². The highest BCUT2D eigenvalue weighted by Crippen LogP contribution is 2.35. The maximum atomic E-state index is 3.60. The highest BCUT2D eigenvalue weighted by Gasteiger charge is 2.32. The largest absolute Gasteiger partial charge is 0.314 e. The van der Waals surface area contributed by atoms with Gasteiger partial charge in [0.25, 0.3) is 0 Å². The van der Waals surface area contributed by atoms with Crippen LogP contribution in [0.5, 0.6) is 0 Å². The molecule has 0 saturated heterocycles. The molecule has 3 unspecified atom stereocenters. The molecule has 0 heterocycles. The van der Waals surface area contributed by atoms with Gasteiger partial charge in [0, 0.05) is 11.3 Å². The van der Waals surface area contributed by atoms with Crippen molar-refractivity contribution in [2.75, 3.05) is 12.3 Å². The van der Waals surface area contributed by atoms with Gasteiger partial charge < -0.3 is 5.32 Å². The lowest BCUT2D eigenvalue weighted by Crippen LogP contribution is -2.33. The Bertz CT molecular complexity index is 158. The highest BCUT2D eigenvalue weighted by molar-refractivity contribution is 7.99. The van der Waals surface area contributed by atoms with Gasteiger partial charge in [0.1, 0.15) is 0 Å². The summed E-state index contributed by atoms with van der Waals surface area (Å²) in [4.78, 5) is 0. The summed E-state index contributed by atoms with van der Waals surface area (Å²) in [5, 5.41) is 4.50. The first-order valence-corrected chi connectivity index (χ1v) is 7.05. The number of thioether (sulfide) groups is 1. The van der Waals surface area contributed by atoms with Gasteiger partial charge in [-0.15, -0.1) is 0 Å². The van der Waals surface area contributed by atoms with Crippen LogP contribution in [-0.2, 0) is 0 Å². The Morgan fingerprint density at radius 2 is 2.07 bits per heavy atom. The van der Waals surface area contributed by atoms with Crippen molar-refractivity contribution in [3.8, 4) is 0 Å². The molecule has 0 aromatic carbocycles. The maximum Gasteiger partial charge on any atom is 0.0103 e. The molecule has 2 heteroatoms. The summed E-state index contributed by atoms with van der Waals surface area (Å²) in [5.74, 6) is 3.03. The molecule has 0 spiro atoms. The van der Waals surface area contributed by atoms with Crippen molar-refractivity contribution in [1.29, 1.82) is 0 Å². The molecule has 0 aromatic heterocycles. The second-order valence-corrected chi connectivity index (χ2v) is 6.14. The fourth-order valence-electron chi connectivity index (χ4n) is 2.23. The van der Waals surface area contributed by atoms with Crippen LogP contribution in [0.4, 0.5) is 0 Å². The standard InChI is InChI=1S/C12H25NS/c1-5-13-11-6-7-12(10(11)4)14-8-9(2)3/h9-13H,5-8H2,1-4H3. The lowest BCUT2D eigenvalue weighted by molar-refractivity contribution is 0.441. The molecule has 1 saturated carbocycles. The topological polar surface area (TPSA) is 12.0 Å². The molecular weight excluding hydrogens is 190 g/mol. The van der Waals surface area contributed by atoms with Gasteiger partial charge in [-0.05, 0) is 37.0 Å². The maximum absolute atomic E-state index is 3.60. The van der Waals surface area contributed by atoms with E-state index < -0.39 is 0 Å². The van der Waals surface area contributed by atoms with E-state index in [0.717, 1.165) is 29.7 Å². The quantitative estimate of drug-likeness (QED) is 0.756. The van der Waals surface area contributed by atoms with Crippen LogP contribution in [0.25, 0.3) is 0 Å². The van der Waals surface area contributed by atoms with E-state index in [1.807, 2.05) is 0 Å². The van der Waals surface area contributed by atoms with Crippen molar-refractivity contribution in [2.45, 2.75) is 51.8 Å². The third-order valence-electron chi connectivity index (χ3n) is 3.09. The average molecular weight is 215 g/mol. The Morgan fingerprint density at radius 1 is 1.36 bits per heavy atom. The molecule has 1 rings (SSSR count). The first kappa shape index (κ1) is 12.4. The van der Waals surface area contributed by atoms with Crippen LogP contribution in [0.1, 0.15) is 40.5 Å². The van der Waals surface area contributed by atoms with Crippen LogP contribution in [-0.4, -0.2) is 23.6 Å². The Labute approximate surface area is 93.4 Å². The van der Waals surface area contributed by atoms with Gasteiger partial charge in [0.2, 0.25) is 0 Å². The molecule has 0 bridgehead atoms. The molecule has 0 amide bonds. The minimum absolute atomic E-state index is 0.782. The number of hydrogen-bond acceptors (Lipinski definition) is 2. The van der Waals surface area contributed by atoms with Gasteiger partial charge in [-0.2, -0.15) is 11.8 Å². The molecule has 1 aliphatic rings. The lowest BCUT2D eigenvalue weighted by atomic mass is 10.1. The van der Waals surface area contributed by atoms with Crippen molar-refractivity contribution in [2.24, 2.45) is 11.8 Å². The summed E-state index contributed by atoms with van der Waals surface area (Å²) >= 11 is 2.19. The number of nitrogens with one attached hydrogen (secondary N) is 1. The van der Waals surface area contributed by atoms with E-state index in [-0.39, 0.29) is 0 Å². The van der Waals surface area contributed by atoms with E-state index in [4.69, 9.17) is 0 Å². The van der Waals surface area contributed by atoms with E-state index in [1.165, 1.54) is 18.6 Å². The lowest BCUT2D eigenvalue weighted by Gasteiger charge is -2.21. The van der Waals surface area contributed by atoms with Crippen LogP contribution >= 0.6 is 11.8 Å². The molecule has 0 aliphatic heterocycles. The van der Waals surface area contributed by atoms with Crippen LogP contribution in [0.3, 0.4) is 0 Å². The van der Waals surface area contributed by atoms with Crippen LogP contribution in [0, 0.1) is 11.8 Å². The highest BCUT2D eigenvalue weighted by atomic mass is 32.2. The Kier molecular flexibility index (Phi) is 5.32. The summed E-state index contributed by atoms with van der Waals surface area (Å²) in [6, 6.07) is 0.782. The van der Waals surface area contributed by atoms with Gasteiger partial charge in [-0.25, -0.2) is 0 Å². The summed E-state index contributed by atoms with van der Waals surface area (Å²) in [5.41, 5.74) is 0. The van der Waals surface area contributed by atoms with E-state index in [0.29, 0.717) is 0 Å². The SMILES string of the molecule is CCNC1CCC(SCC(C)C)C1C. The third kappa shape index (κ3) is 3.47. The molecule has 14 heavy (non-hydrogen) atoms. The van der Waals surface area contributed by atoms with Crippen LogP contribution in [0.15, 0.2) is 0 Å². The van der Waals surface area contributed by atoms with Gasteiger partial charge in [0.15, 0.2) is 0 Å². The van der Waals surface area contributed by atoms with Crippen molar-refractivity contribution in [3.05, 3.63) is 0 Å². The minimum atomic E-state index is 0.782. The van der Waals surface area contributed by atoms with Crippen molar-refractivity contribution < 1.29 is 0 Å². The normalized spacial score (nSPS) is 32.8. The first-order valence-electron chi connectivity index (χ1n) is 6.00. The molecule has 1 aliphatic carbocycles. The number of rotatable bonds is 5. The second-order valence-electron chi connectivity index (χ2n) is 4.87. The Morgan fingerprint density at radius 3 is 2.64 bits per heavy atom. The van der Waals surface area contributed by atoms with Crippen LogP contribution < -0.4 is 5.32 Å². The first-order chi connectivity index (χ1) is 6.65. The molecule has 84 valence electrons. The van der Waals surface area contributed by atoms with Gasteiger partial charge >= 0.3 is 0 Å². The molecule has 1 fully saturated rings. The molecule has 1 N–H and O–H groups in total. The summed E-state index contributed by atoms with van der Waals surface area (Å²) in [6.07, 6.45) is 2.79. The second kappa shape index (κ2) is 6.02. The van der Waals surface area contributed by atoms with Crippen molar-refractivity contribution >= 4 is 11.8 Å². The zero-order chi connectivity index (χ0) is 10.6. The molecule has 0 aromatic rings. The molecule has 0 radical (unpaired) electrons. The van der Waals surface area contributed by atoms with Gasteiger partial charge in [-0.3, -0.25) is 0 Å². The molecule has 1 nitrogen and oxygen atoms in total. The number of hydrogen-bond donors (Lipinski definition) is 1. The van der Waals surface area contributed by atoms with Gasteiger partial charge in [-0.1, -0.05) is 27.7 Å². The monoisotopic (exact) mass is 215 g/mol. The fourth-order valence-corrected chi connectivity index (χ4v) is 3.66. The van der Waals surface area contributed by atoms with Crippen molar-refractivity contribution in [3.63, 3.8) is 0 Å². The minimum Gasteiger partial charge on any atom is -0.314 e. The summed E-state index contributed by atoms with van der Waals surface area (Å²) < 4.78 is 0. The average Bonchev–Trinajstić information content (AvgIpc) is 2.46. The Hall–Kier alpha value is 0.310. The Balaban J connectivity index is 2.28. The zero-order valence-electron chi connectivity index (χ0n) is 10.0. The predicted octanol–water partition coefficient (Wildman–Crippen LogP) is 3.15. The fraction of sp³-hybridized carbons (Fsp3) is 1.00. The van der Waals surface area contributed by atoms with Crippen molar-refractivity contribution in [1.82, 2.24) is 5.32 Å². The third-order valence-corrected chi connectivity index (χ3v) is 5.05. The zero-order valence-corrected chi connectivity index (χ0v) is 10.9. The smallest absolute Gasteiger partial charge is 0.0103 e. The molecule has 3 atom stereocenters.